The summed E-state index contributed by atoms with van der Waals surface area (Å²) in [5.41, 5.74) is 5.30. The molecule has 15 heavy (non-hydrogen) atoms. The number of rotatable bonds is 2. The highest BCUT2D eigenvalue weighted by Gasteiger charge is 2.07. The van der Waals surface area contributed by atoms with Crippen molar-refractivity contribution in [3.05, 3.63) is 27.6 Å². The molecule has 0 bridgehead atoms. The molecule has 2 aromatic heterocycles. The number of aryl methyl sites for hydroxylation is 1. The Morgan fingerprint density at radius 1 is 1.73 bits per heavy atom. The summed E-state index contributed by atoms with van der Waals surface area (Å²) in [6.45, 7) is 2.19. The van der Waals surface area contributed by atoms with Gasteiger partial charge in [-0.2, -0.15) is 0 Å². The van der Waals surface area contributed by atoms with Crippen LogP contribution in [0.15, 0.2) is 17.2 Å². The molecule has 0 radical (unpaired) electrons. The second-order valence-electron chi connectivity index (χ2n) is 3.22. The van der Waals surface area contributed by atoms with Gasteiger partial charge >= 0.3 is 0 Å². The lowest BCUT2D eigenvalue weighted by Crippen LogP contribution is -2.26. The maximum Gasteiger partial charge on any atom is 0.262 e. The molecule has 2 N–H and O–H groups in total. The van der Waals surface area contributed by atoms with Gasteiger partial charge in [-0.15, -0.1) is 11.3 Å². The zero-order valence-electron chi connectivity index (χ0n) is 8.06. The third kappa shape index (κ3) is 1.91. The number of thiocarbonyl (C=S) groups is 1. The Balaban J connectivity index is 2.64. The molecule has 0 saturated heterocycles. The van der Waals surface area contributed by atoms with E-state index in [2.05, 4.69) is 4.98 Å². The first kappa shape index (κ1) is 10.3. The average molecular weight is 239 g/mol. The van der Waals surface area contributed by atoms with E-state index in [1.165, 1.54) is 22.2 Å². The van der Waals surface area contributed by atoms with Gasteiger partial charge < -0.3 is 5.73 Å². The molecule has 0 unspecified atom stereocenters. The van der Waals surface area contributed by atoms with Crippen molar-refractivity contribution < 1.29 is 0 Å². The van der Waals surface area contributed by atoms with Crippen molar-refractivity contribution in [1.29, 1.82) is 0 Å². The predicted molar refractivity (Wildman–Crippen MR) is 65.4 cm³/mol. The largest absolute Gasteiger partial charge is 0.392 e. The number of aromatic nitrogens is 2. The Morgan fingerprint density at radius 2 is 2.47 bits per heavy atom. The van der Waals surface area contributed by atoms with Crippen LogP contribution >= 0.6 is 23.6 Å². The summed E-state index contributed by atoms with van der Waals surface area (Å²) in [6.07, 6.45) is 1.49. The van der Waals surface area contributed by atoms with Crippen molar-refractivity contribution >= 4 is 38.8 Å². The molecule has 2 rings (SSSR count). The van der Waals surface area contributed by atoms with Gasteiger partial charge in [-0.1, -0.05) is 12.2 Å². The van der Waals surface area contributed by atoms with Crippen molar-refractivity contribution in [3.63, 3.8) is 0 Å². The maximum atomic E-state index is 11.9. The summed E-state index contributed by atoms with van der Waals surface area (Å²) in [5.74, 6) is 0. The van der Waals surface area contributed by atoms with Crippen molar-refractivity contribution in [2.75, 3.05) is 0 Å². The molecule has 0 amide bonds. The molecule has 0 spiro atoms. The van der Waals surface area contributed by atoms with E-state index < -0.39 is 0 Å². The van der Waals surface area contributed by atoms with Crippen molar-refractivity contribution in [2.24, 2.45) is 5.73 Å². The first-order valence-corrected chi connectivity index (χ1v) is 5.54. The third-order valence-corrected chi connectivity index (χ3v) is 3.06. The summed E-state index contributed by atoms with van der Waals surface area (Å²) in [5, 5.41) is 0.635. The first-order chi connectivity index (χ1) is 7.08. The quantitative estimate of drug-likeness (QED) is 0.796. The normalized spacial score (nSPS) is 10.7. The highest BCUT2D eigenvalue weighted by molar-refractivity contribution is 7.80. The fourth-order valence-corrected chi connectivity index (χ4v) is 2.34. The molecular formula is C9H9N3OS2. The average Bonchev–Trinajstić information content (AvgIpc) is 2.51. The number of nitrogens with zero attached hydrogens (tertiary/aromatic N) is 2. The molecule has 0 saturated carbocycles. The van der Waals surface area contributed by atoms with Gasteiger partial charge in [-0.25, -0.2) is 4.98 Å². The Morgan fingerprint density at radius 3 is 3.13 bits per heavy atom. The molecule has 2 heterocycles. The SMILES string of the molecule is Cc1cc2c(=O)n(CC(N)=S)cnc2s1. The van der Waals surface area contributed by atoms with E-state index >= 15 is 0 Å². The Labute approximate surface area is 95.4 Å². The van der Waals surface area contributed by atoms with Gasteiger partial charge in [-0.05, 0) is 13.0 Å². The second-order valence-corrected chi connectivity index (χ2v) is 4.98. The van der Waals surface area contributed by atoms with E-state index in [0.29, 0.717) is 5.39 Å². The van der Waals surface area contributed by atoms with Crippen LogP contribution in [0.25, 0.3) is 10.2 Å². The maximum absolute atomic E-state index is 11.9. The van der Waals surface area contributed by atoms with Crippen LogP contribution in [0.3, 0.4) is 0 Å². The van der Waals surface area contributed by atoms with Gasteiger partial charge in [-0.3, -0.25) is 9.36 Å². The molecule has 0 aliphatic rings. The van der Waals surface area contributed by atoms with E-state index in [0.717, 1.165) is 9.71 Å². The van der Waals surface area contributed by atoms with Gasteiger partial charge in [0.2, 0.25) is 0 Å². The van der Waals surface area contributed by atoms with Crippen LogP contribution in [-0.4, -0.2) is 14.5 Å². The Hall–Kier alpha value is -1.27. The molecule has 2 aromatic rings. The molecule has 6 heteroatoms. The molecule has 4 nitrogen and oxygen atoms in total. The van der Waals surface area contributed by atoms with Gasteiger partial charge in [0.05, 0.1) is 23.2 Å². The topological polar surface area (TPSA) is 60.9 Å². The van der Waals surface area contributed by atoms with Crippen LogP contribution in [0.1, 0.15) is 4.88 Å². The highest BCUT2D eigenvalue weighted by atomic mass is 32.1. The van der Waals surface area contributed by atoms with Crippen LogP contribution < -0.4 is 11.3 Å². The summed E-state index contributed by atoms with van der Waals surface area (Å²) in [6, 6.07) is 1.84. The van der Waals surface area contributed by atoms with E-state index in [-0.39, 0.29) is 17.1 Å². The van der Waals surface area contributed by atoms with Crippen molar-refractivity contribution in [3.8, 4) is 0 Å². The van der Waals surface area contributed by atoms with E-state index in [1.807, 2.05) is 13.0 Å². The van der Waals surface area contributed by atoms with Crippen molar-refractivity contribution in [2.45, 2.75) is 13.5 Å². The van der Waals surface area contributed by atoms with Crippen LogP contribution in [-0.2, 0) is 6.54 Å². The predicted octanol–water partition coefficient (Wildman–Crippen LogP) is 1.05. The number of hydrogen-bond donors (Lipinski definition) is 1. The van der Waals surface area contributed by atoms with Gasteiger partial charge in [0.15, 0.2) is 0 Å². The molecule has 0 atom stereocenters. The van der Waals surface area contributed by atoms with Crippen LogP contribution in [0.4, 0.5) is 0 Å². The Kier molecular flexibility index (Phi) is 2.54. The second kappa shape index (κ2) is 3.71. The van der Waals surface area contributed by atoms with Crippen LogP contribution in [0, 0.1) is 6.92 Å². The molecular weight excluding hydrogens is 230 g/mol. The number of nitrogens with two attached hydrogens (primary N) is 1. The van der Waals surface area contributed by atoms with Gasteiger partial charge in [0, 0.05) is 4.88 Å². The lowest BCUT2D eigenvalue weighted by atomic mass is 10.4. The summed E-state index contributed by atoms with van der Waals surface area (Å²) >= 11 is 6.26. The molecule has 0 fully saturated rings. The standard InChI is InChI=1S/C9H9N3OS2/c1-5-2-6-8(15-5)11-4-12(9(6)13)3-7(10)14/h2,4H,3H2,1H3,(H2,10,14). The lowest BCUT2D eigenvalue weighted by molar-refractivity contribution is 0.796. The minimum Gasteiger partial charge on any atom is -0.392 e. The van der Waals surface area contributed by atoms with Crippen LogP contribution in [0.2, 0.25) is 0 Å². The van der Waals surface area contributed by atoms with Gasteiger partial charge in [0.25, 0.3) is 5.56 Å². The van der Waals surface area contributed by atoms with E-state index in [9.17, 15) is 4.79 Å². The van der Waals surface area contributed by atoms with E-state index in [4.69, 9.17) is 18.0 Å². The minimum atomic E-state index is -0.0860. The highest BCUT2D eigenvalue weighted by Crippen LogP contribution is 2.19. The van der Waals surface area contributed by atoms with E-state index in [1.54, 1.807) is 0 Å². The molecule has 0 aliphatic carbocycles. The first-order valence-electron chi connectivity index (χ1n) is 4.32. The summed E-state index contributed by atoms with van der Waals surface area (Å²) in [7, 11) is 0. The number of hydrogen-bond acceptors (Lipinski definition) is 4. The molecule has 0 aromatic carbocycles. The molecule has 78 valence electrons. The monoisotopic (exact) mass is 239 g/mol. The summed E-state index contributed by atoms with van der Waals surface area (Å²) in [4.78, 5) is 18.2. The minimum absolute atomic E-state index is 0.0860. The van der Waals surface area contributed by atoms with Crippen LogP contribution in [0.5, 0.6) is 0 Å². The smallest absolute Gasteiger partial charge is 0.262 e. The molecule has 0 aliphatic heterocycles. The zero-order valence-corrected chi connectivity index (χ0v) is 9.69. The third-order valence-electron chi connectivity index (χ3n) is 1.97. The fraction of sp³-hybridized carbons (Fsp3) is 0.222. The Bertz CT molecular complexity index is 585. The number of fused-ring (bicyclic) bond motifs is 1. The zero-order chi connectivity index (χ0) is 11.0. The van der Waals surface area contributed by atoms with Crippen molar-refractivity contribution in [1.82, 2.24) is 9.55 Å². The summed E-state index contributed by atoms with van der Waals surface area (Å²) < 4.78 is 1.43. The lowest BCUT2D eigenvalue weighted by Gasteiger charge is -2.02. The fourth-order valence-electron chi connectivity index (χ4n) is 1.36. The van der Waals surface area contributed by atoms with Gasteiger partial charge in [0.1, 0.15) is 4.83 Å². The number of thiophene rings is 1.